The SMILES string of the molecule is Cn1c(NCC(=O)c2ccc(-c3ccsc3)cc2)nc(-c2ccncn2)cc1=O. The van der Waals surface area contributed by atoms with E-state index in [1.807, 2.05) is 23.6 Å². The second-order valence-electron chi connectivity index (χ2n) is 6.32. The van der Waals surface area contributed by atoms with Gasteiger partial charge in [-0.05, 0) is 34.0 Å². The Balaban J connectivity index is 1.50. The number of ketones is 1. The number of thiophene rings is 1. The molecule has 3 heterocycles. The second-order valence-corrected chi connectivity index (χ2v) is 7.10. The molecule has 4 rings (SSSR count). The van der Waals surface area contributed by atoms with E-state index in [9.17, 15) is 9.59 Å². The van der Waals surface area contributed by atoms with E-state index in [4.69, 9.17) is 0 Å². The number of hydrogen-bond acceptors (Lipinski definition) is 7. The minimum Gasteiger partial charge on any atom is -0.348 e. The zero-order valence-electron chi connectivity index (χ0n) is 15.6. The Kier molecular flexibility index (Phi) is 5.26. The van der Waals surface area contributed by atoms with Crippen LogP contribution in [0, 0.1) is 0 Å². The summed E-state index contributed by atoms with van der Waals surface area (Å²) in [6, 6.07) is 12.6. The van der Waals surface area contributed by atoms with Crippen molar-refractivity contribution in [3.8, 4) is 22.5 Å². The molecule has 0 bridgehead atoms. The van der Waals surface area contributed by atoms with Gasteiger partial charge in [-0.25, -0.2) is 15.0 Å². The minimum absolute atomic E-state index is 0.0192. The minimum atomic E-state index is -0.247. The summed E-state index contributed by atoms with van der Waals surface area (Å²) < 4.78 is 1.36. The van der Waals surface area contributed by atoms with Crippen molar-refractivity contribution in [1.82, 2.24) is 19.5 Å². The van der Waals surface area contributed by atoms with Crippen LogP contribution in [0.2, 0.25) is 0 Å². The fourth-order valence-electron chi connectivity index (χ4n) is 2.81. The maximum atomic E-state index is 12.6. The first kappa shape index (κ1) is 18.7. The van der Waals surface area contributed by atoms with Gasteiger partial charge in [0.15, 0.2) is 5.78 Å². The van der Waals surface area contributed by atoms with E-state index in [2.05, 4.69) is 25.6 Å². The first-order valence-corrected chi connectivity index (χ1v) is 9.80. The van der Waals surface area contributed by atoms with Crippen molar-refractivity contribution in [2.75, 3.05) is 11.9 Å². The van der Waals surface area contributed by atoms with Crippen molar-refractivity contribution < 1.29 is 4.79 Å². The Morgan fingerprint density at radius 2 is 1.93 bits per heavy atom. The van der Waals surface area contributed by atoms with Gasteiger partial charge in [0.1, 0.15) is 6.33 Å². The van der Waals surface area contributed by atoms with E-state index >= 15 is 0 Å². The number of carbonyl (C=O) groups excluding carboxylic acids is 1. The fraction of sp³-hybridized carbons (Fsp3) is 0.0952. The van der Waals surface area contributed by atoms with Crippen LogP contribution in [-0.4, -0.2) is 31.8 Å². The summed E-state index contributed by atoms with van der Waals surface area (Å²) in [4.78, 5) is 37.2. The Morgan fingerprint density at radius 1 is 1.10 bits per heavy atom. The molecule has 0 amide bonds. The number of benzene rings is 1. The van der Waals surface area contributed by atoms with E-state index in [-0.39, 0.29) is 17.9 Å². The summed E-state index contributed by atoms with van der Waals surface area (Å²) in [6.07, 6.45) is 2.97. The molecule has 0 aliphatic rings. The van der Waals surface area contributed by atoms with Crippen molar-refractivity contribution in [1.29, 1.82) is 0 Å². The average Bonchev–Trinajstić information content (AvgIpc) is 3.30. The molecule has 1 N–H and O–H groups in total. The molecule has 0 saturated heterocycles. The molecule has 0 radical (unpaired) electrons. The molecule has 29 heavy (non-hydrogen) atoms. The third-order valence-electron chi connectivity index (χ3n) is 4.45. The summed E-state index contributed by atoms with van der Waals surface area (Å²) >= 11 is 1.63. The summed E-state index contributed by atoms with van der Waals surface area (Å²) in [5, 5.41) is 7.05. The predicted molar refractivity (Wildman–Crippen MR) is 113 cm³/mol. The normalized spacial score (nSPS) is 10.7. The molecule has 0 saturated carbocycles. The quantitative estimate of drug-likeness (QED) is 0.497. The van der Waals surface area contributed by atoms with Crippen LogP contribution < -0.4 is 10.9 Å². The van der Waals surface area contributed by atoms with Gasteiger partial charge in [0.25, 0.3) is 5.56 Å². The van der Waals surface area contributed by atoms with Crippen molar-refractivity contribution >= 4 is 23.1 Å². The van der Waals surface area contributed by atoms with Gasteiger partial charge in [0.2, 0.25) is 5.95 Å². The maximum absolute atomic E-state index is 12.6. The standard InChI is InChI=1S/C21H17N5O2S/c1-26-20(28)10-18(17-6-8-22-13-24-17)25-21(26)23-11-19(27)15-4-2-14(3-5-15)16-7-9-29-12-16/h2-10,12-13H,11H2,1H3,(H,23,25). The van der Waals surface area contributed by atoms with Crippen LogP contribution in [0.5, 0.6) is 0 Å². The molecule has 7 nitrogen and oxygen atoms in total. The van der Waals surface area contributed by atoms with Crippen LogP contribution in [0.3, 0.4) is 0 Å². The number of aromatic nitrogens is 4. The molecule has 0 unspecified atom stereocenters. The van der Waals surface area contributed by atoms with Crippen molar-refractivity contribution in [2.45, 2.75) is 0 Å². The van der Waals surface area contributed by atoms with Crippen molar-refractivity contribution in [3.05, 3.63) is 81.7 Å². The summed E-state index contributed by atoms with van der Waals surface area (Å²) in [5.41, 5.74) is 3.50. The lowest BCUT2D eigenvalue weighted by Gasteiger charge is -2.11. The van der Waals surface area contributed by atoms with Gasteiger partial charge in [0.05, 0.1) is 17.9 Å². The number of carbonyl (C=O) groups is 1. The molecule has 4 aromatic rings. The largest absolute Gasteiger partial charge is 0.348 e. The molecule has 144 valence electrons. The first-order valence-electron chi connectivity index (χ1n) is 8.86. The van der Waals surface area contributed by atoms with Gasteiger partial charge >= 0.3 is 0 Å². The number of anilines is 1. The Bertz CT molecular complexity index is 1190. The van der Waals surface area contributed by atoms with Gasteiger partial charge in [-0.3, -0.25) is 14.2 Å². The lowest BCUT2D eigenvalue weighted by Crippen LogP contribution is -2.24. The van der Waals surface area contributed by atoms with Gasteiger partial charge in [-0.15, -0.1) is 0 Å². The summed E-state index contributed by atoms with van der Waals surface area (Å²) in [6.45, 7) is 0.0192. The summed E-state index contributed by atoms with van der Waals surface area (Å²) in [7, 11) is 1.60. The molecular weight excluding hydrogens is 386 g/mol. The van der Waals surface area contributed by atoms with Gasteiger partial charge in [0, 0.05) is 24.9 Å². The highest BCUT2D eigenvalue weighted by Gasteiger charge is 2.11. The molecule has 1 aromatic carbocycles. The topological polar surface area (TPSA) is 89.8 Å². The molecule has 0 aliphatic carbocycles. The third kappa shape index (κ3) is 4.12. The average molecular weight is 403 g/mol. The molecule has 0 atom stereocenters. The maximum Gasteiger partial charge on any atom is 0.255 e. The number of rotatable bonds is 6. The van der Waals surface area contributed by atoms with Gasteiger partial charge in [-0.1, -0.05) is 24.3 Å². The van der Waals surface area contributed by atoms with E-state index in [0.29, 0.717) is 22.9 Å². The smallest absolute Gasteiger partial charge is 0.255 e. The molecular formula is C21H17N5O2S. The Labute approximate surface area is 170 Å². The van der Waals surface area contributed by atoms with Gasteiger partial charge in [-0.2, -0.15) is 11.3 Å². The number of nitrogens with zero attached hydrogens (tertiary/aromatic N) is 4. The highest BCUT2D eigenvalue weighted by atomic mass is 32.1. The van der Waals surface area contributed by atoms with Crippen molar-refractivity contribution in [2.24, 2.45) is 7.05 Å². The van der Waals surface area contributed by atoms with Crippen LogP contribution in [0.25, 0.3) is 22.5 Å². The number of Topliss-reactive ketones (excluding diaryl/α,β-unsaturated/α-hetero) is 1. The molecule has 8 heteroatoms. The van der Waals surface area contributed by atoms with Crippen LogP contribution in [0.4, 0.5) is 5.95 Å². The highest BCUT2D eigenvalue weighted by molar-refractivity contribution is 7.08. The van der Waals surface area contributed by atoms with Crippen LogP contribution >= 0.6 is 11.3 Å². The number of nitrogens with one attached hydrogen (secondary N) is 1. The molecule has 0 spiro atoms. The van der Waals surface area contributed by atoms with E-state index in [1.54, 1.807) is 42.8 Å². The van der Waals surface area contributed by atoms with Crippen molar-refractivity contribution in [3.63, 3.8) is 0 Å². The zero-order valence-corrected chi connectivity index (χ0v) is 16.4. The zero-order chi connectivity index (χ0) is 20.2. The first-order chi connectivity index (χ1) is 14.1. The monoisotopic (exact) mass is 403 g/mol. The summed E-state index contributed by atoms with van der Waals surface area (Å²) in [5.74, 6) is 0.206. The molecule has 3 aromatic heterocycles. The Hall–Kier alpha value is -3.65. The van der Waals surface area contributed by atoms with Crippen LogP contribution in [-0.2, 0) is 7.05 Å². The van der Waals surface area contributed by atoms with Crippen LogP contribution in [0.1, 0.15) is 10.4 Å². The lowest BCUT2D eigenvalue weighted by molar-refractivity contribution is 0.101. The van der Waals surface area contributed by atoms with Gasteiger partial charge < -0.3 is 5.32 Å². The second kappa shape index (κ2) is 8.15. The number of hydrogen-bond donors (Lipinski definition) is 1. The predicted octanol–water partition coefficient (Wildman–Crippen LogP) is 3.26. The highest BCUT2D eigenvalue weighted by Crippen LogP contribution is 2.22. The van der Waals surface area contributed by atoms with Crippen LogP contribution in [0.15, 0.2) is 70.5 Å². The van der Waals surface area contributed by atoms with E-state index < -0.39 is 0 Å². The lowest BCUT2D eigenvalue weighted by atomic mass is 10.0. The Morgan fingerprint density at radius 3 is 2.62 bits per heavy atom. The third-order valence-corrected chi connectivity index (χ3v) is 5.13. The van der Waals surface area contributed by atoms with E-state index in [1.165, 1.54) is 17.0 Å². The van der Waals surface area contributed by atoms with E-state index in [0.717, 1.165) is 11.1 Å². The molecule has 0 fully saturated rings. The molecule has 0 aliphatic heterocycles. The fourth-order valence-corrected chi connectivity index (χ4v) is 3.47.